The average molecular weight is 257 g/mol. The number of carbonyl (C=O) groups excluding carboxylic acids is 1. The SMILES string of the molecule is CC1(C)CN(C(=O)C(F)(F)F)CC1(F)C(=O)O. The molecule has 0 aromatic rings. The Balaban J connectivity index is 3.01. The van der Waals surface area contributed by atoms with E-state index in [1.165, 1.54) is 13.8 Å². The first-order chi connectivity index (χ1) is 7.42. The van der Waals surface area contributed by atoms with Crippen LogP contribution < -0.4 is 0 Å². The van der Waals surface area contributed by atoms with Crippen molar-refractivity contribution >= 4 is 11.9 Å². The van der Waals surface area contributed by atoms with Gasteiger partial charge < -0.3 is 10.0 Å². The van der Waals surface area contributed by atoms with Crippen LogP contribution in [-0.4, -0.2) is 46.8 Å². The van der Waals surface area contributed by atoms with Gasteiger partial charge in [-0.3, -0.25) is 4.79 Å². The minimum absolute atomic E-state index is 0.189. The number of hydrogen-bond acceptors (Lipinski definition) is 2. The molecular formula is C9H11F4NO3. The zero-order chi connectivity index (χ0) is 13.6. The van der Waals surface area contributed by atoms with Gasteiger partial charge in [0.2, 0.25) is 5.67 Å². The second-order valence-corrected chi connectivity index (χ2v) is 4.65. The molecule has 8 heteroatoms. The zero-order valence-electron chi connectivity index (χ0n) is 9.14. The number of carboxylic acid groups (broad SMARTS) is 1. The van der Waals surface area contributed by atoms with Gasteiger partial charge >= 0.3 is 18.1 Å². The summed E-state index contributed by atoms with van der Waals surface area (Å²) in [6.07, 6.45) is -5.13. The summed E-state index contributed by atoms with van der Waals surface area (Å²) in [5, 5.41) is 8.72. The van der Waals surface area contributed by atoms with Crippen LogP contribution in [0.15, 0.2) is 0 Å². The standard InChI is InChI=1S/C9H11F4NO3/c1-7(2)3-14(5(15)9(11,12)13)4-8(7,10)6(16)17/h3-4H2,1-2H3,(H,16,17). The molecule has 4 nitrogen and oxygen atoms in total. The molecule has 0 radical (unpaired) electrons. The topological polar surface area (TPSA) is 57.6 Å². The minimum Gasteiger partial charge on any atom is -0.479 e. The molecule has 17 heavy (non-hydrogen) atoms. The molecule has 0 saturated carbocycles. The van der Waals surface area contributed by atoms with E-state index in [9.17, 15) is 27.2 Å². The lowest BCUT2D eigenvalue weighted by molar-refractivity contribution is -0.185. The molecule has 1 rings (SSSR count). The van der Waals surface area contributed by atoms with Crippen molar-refractivity contribution in [2.24, 2.45) is 5.41 Å². The lowest BCUT2D eigenvalue weighted by atomic mass is 9.79. The number of carbonyl (C=O) groups is 2. The van der Waals surface area contributed by atoms with Crippen molar-refractivity contribution in [2.75, 3.05) is 13.1 Å². The van der Waals surface area contributed by atoms with Gasteiger partial charge in [-0.05, 0) is 0 Å². The van der Waals surface area contributed by atoms with Crippen LogP contribution in [0.5, 0.6) is 0 Å². The molecule has 1 saturated heterocycles. The number of alkyl halides is 4. The average Bonchev–Trinajstić information content (AvgIpc) is 2.36. The van der Waals surface area contributed by atoms with E-state index in [-0.39, 0.29) is 4.90 Å². The summed E-state index contributed by atoms with van der Waals surface area (Å²) in [6.45, 7) is 0.664. The Morgan fingerprint density at radius 2 is 1.71 bits per heavy atom. The van der Waals surface area contributed by atoms with E-state index >= 15 is 0 Å². The normalized spacial score (nSPS) is 28.2. The van der Waals surface area contributed by atoms with Gasteiger partial charge in [-0.15, -0.1) is 0 Å². The maximum Gasteiger partial charge on any atom is 0.471 e. The van der Waals surface area contributed by atoms with E-state index in [2.05, 4.69) is 0 Å². The maximum atomic E-state index is 14.1. The van der Waals surface area contributed by atoms with Gasteiger partial charge in [0.15, 0.2) is 0 Å². The summed E-state index contributed by atoms with van der Waals surface area (Å²) in [7, 11) is 0. The molecule has 0 aliphatic carbocycles. The predicted molar refractivity (Wildman–Crippen MR) is 47.9 cm³/mol. The first kappa shape index (κ1) is 13.7. The van der Waals surface area contributed by atoms with Crippen LogP contribution in [0.4, 0.5) is 17.6 Å². The lowest BCUT2D eigenvalue weighted by Crippen LogP contribution is -2.47. The number of hydrogen-bond donors (Lipinski definition) is 1. The first-order valence-electron chi connectivity index (χ1n) is 4.70. The third-order valence-corrected chi connectivity index (χ3v) is 2.94. The van der Waals surface area contributed by atoms with Crippen LogP contribution in [-0.2, 0) is 9.59 Å². The molecule has 1 atom stereocenters. The molecule has 1 aliphatic rings. The van der Waals surface area contributed by atoms with E-state index < -0.39 is 42.2 Å². The van der Waals surface area contributed by atoms with Crippen LogP contribution in [0.2, 0.25) is 0 Å². The molecule has 0 spiro atoms. The third-order valence-electron chi connectivity index (χ3n) is 2.94. The molecule has 1 heterocycles. The highest BCUT2D eigenvalue weighted by Gasteiger charge is 2.62. The van der Waals surface area contributed by atoms with Crippen LogP contribution >= 0.6 is 0 Å². The van der Waals surface area contributed by atoms with Crippen molar-refractivity contribution in [3.05, 3.63) is 0 Å². The number of carboxylic acids is 1. The summed E-state index contributed by atoms with van der Waals surface area (Å²) in [5.41, 5.74) is -4.44. The Kier molecular flexibility index (Phi) is 2.89. The number of likely N-dealkylation sites (tertiary alicyclic amines) is 1. The first-order valence-corrected chi connectivity index (χ1v) is 4.70. The lowest BCUT2D eigenvalue weighted by Gasteiger charge is -2.27. The van der Waals surface area contributed by atoms with Crippen molar-refractivity contribution in [3.63, 3.8) is 0 Å². The Morgan fingerprint density at radius 3 is 2.00 bits per heavy atom. The Bertz CT molecular complexity index is 366. The number of rotatable bonds is 1. The smallest absolute Gasteiger partial charge is 0.471 e. The fourth-order valence-corrected chi connectivity index (χ4v) is 1.82. The van der Waals surface area contributed by atoms with Crippen molar-refractivity contribution in [3.8, 4) is 0 Å². The second-order valence-electron chi connectivity index (χ2n) is 4.65. The summed E-state index contributed by atoms with van der Waals surface area (Å²) >= 11 is 0. The number of halogens is 4. The van der Waals surface area contributed by atoms with Gasteiger partial charge in [0, 0.05) is 12.0 Å². The maximum absolute atomic E-state index is 14.1. The van der Waals surface area contributed by atoms with Crippen molar-refractivity contribution in [1.29, 1.82) is 0 Å². The summed E-state index contributed by atoms with van der Waals surface area (Å²) in [6, 6.07) is 0. The molecular weight excluding hydrogens is 246 g/mol. The minimum atomic E-state index is -5.13. The van der Waals surface area contributed by atoms with Gasteiger partial charge in [0.05, 0.1) is 6.54 Å². The number of nitrogens with zero attached hydrogens (tertiary/aromatic N) is 1. The van der Waals surface area contributed by atoms with Crippen molar-refractivity contribution in [1.82, 2.24) is 4.90 Å². The van der Waals surface area contributed by atoms with Crippen LogP contribution in [0.1, 0.15) is 13.8 Å². The van der Waals surface area contributed by atoms with Gasteiger partial charge in [-0.2, -0.15) is 13.2 Å². The van der Waals surface area contributed by atoms with Crippen LogP contribution in [0.3, 0.4) is 0 Å². The van der Waals surface area contributed by atoms with Crippen LogP contribution in [0, 0.1) is 5.41 Å². The quantitative estimate of drug-likeness (QED) is 0.718. The molecule has 1 unspecified atom stereocenters. The van der Waals surface area contributed by atoms with E-state index in [0.29, 0.717) is 0 Å². The predicted octanol–water partition coefficient (Wildman–Crippen LogP) is 1.21. The molecule has 0 bridgehead atoms. The van der Waals surface area contributed by atoms with Crippen LogP contribution in [0.25, 0.3) is 0 Å². The summed E-state index contributed by atoms with van der Waals surface area (Å²) < 4.78 is 50.5. The third kappa shape index (κ3) is 2.07. The van der Waals surface area contributed by atoms with E-state index in [0.717, 1.165) is 0 Å². The van der Waals surface area contributed by atoms with Gasteiger partial charge in [-0.1, -0.05) is 13.8 Å². The van der Waals surface area contributed by atoms with Crippen molar-refractivity contribution < 1.29 is 32.3 Å². The van der Waals surface area contributed by atoms with E-state index in [1.807, 2.05) is 0 Å². The molecule has 0 aromatic carbocycles. The Hall–Kier alpha value is -1.34. The zero-order valence-corrected chi connectivity index (χ0v) is 9.14. The molecule has 1 N–H and O–H groups in total. The molecule has 0 aromatic heterocycles. The Morgan fingerprint density at radius 1 is 1.24 bits per heavy atom. The number of aliphatic carboxylic acids is 1. The highest BCUT2D eigenvalue weighted by Crippen LogP contribution is 2.43. The van der Waals surface area contributed by atoms with Gasteiger partial charge in [-0.25, -0.2) is 9.18 Å². The van der Waals surface area contributed by atoms with Gasteiger partial charge in [0.25, 0.3) is 0 Å². The van der Waals surface area contributed by atoms with Crippen molar-refractivity contribution in [2.45, 2.75) is 25.7 Å². The molecule has 1 amide bonds. The highest BCUT2D eigenvalue weighted by atomic mass is 19.4. The van der Waals surface area contributed by atoms with E-state index in [1.54, 1.807) is 0 Å². The fraction of sp³-hybridized carbons (Fsp3) is 0.778. The van der Waals surface area contributed by atoms with Gasteiger partial charge in [0.1, 0.15) is 0 Å². The summed E-state index contributed by atoms with van der Waals surface area (Å²) in [4.78, 5) is 21.9. The molecule has 1 fully saturated rings. The monoisotopic (exact) mass is 257 g/mol. The number of amides is 1. The second kappa shape index (κ2) is 3.58. The fourth-order valence-electron chi connectivity index (χ4n) is 1.82. The molecule has 98 valence electrons. The molecule has 1 aliphatic heterocycles. The highest BCUT2D eigenvalue weighted by molar-refractivity contribution is 5.86. The summed E-state index contributed by atoms with van der Waals surface area (Å²) in [5.74, 6) is -4.08. The Labute approximate surface area is 94.2 Å². The van der Waals surface area contributed by atoms with E-state index in [4.69, 9.17) is 5.11 Å². The largest absolute Gasteiger partial charge is 0.479 e.